The van der Waals surface area contributed by atoms with E-state index in [-0.39, 0.29) is 6.10 Å². The Labute approximate surface area is 172 Å². The monoisotopic (exact) mass is 395 g/mol. The molecule has 0 radical (unpaired) electrons. The molecule has 4 heteroatoms. The van der Waals surface area contributed by atoms with Gasteiger partial charge in [0.05, 0.1) is 13.2 Å². The van der Waals surface area contributed by atoms with Crippen molar-refractivity contribution in [3.05, 3.63) is 89.4 Å². The van der Waals surface area contributed by atoms with Crippen molar-refractivity contribution in [3.8, 4) is 11.5 Å². The van der Waals surface area contributed by atoms with Gasteiger partial charge in [-0.3, -0.25) is 0 Å². The fraction of sp³-hybridized carbons (Fsp3) is 0.250. The maximum atomic E-state index is 5.89. The van der Waals surface area contributed by atoms with E-state index < -0.39 is 0 Å². The molecule has 0 aliphatic heterocycles. The minimum Gasteiger partial charge on any atom is -0.494 e. The zero-order chi connectivity index (χ0) is 19.6. The van der Waals surface area contributed by atoms with Crippen LogP contribution in [0.5, 0.6) is 11.5 Å². The Morgan fingerprint density at radius 3 is 2.25 bits per heavy atom. The van der Waals surface area contributed by atoms with E-state index in [1.807, 2.05) is 61.5 Å². The van der Waals surface area contributed by atoms with Gasteiger partial charge in [0.15, 0.2) is 0 Å². The van der Waals surface area contributed by atoms with Crippen LogP contribution >= 0.6 is 11.6 Å². The van der Waals surface area contributed by atoms with Crippen LogP contribution in [-0.4, -0.2) is 19.3 Å². The minimum absolute atomic E-state index is 0.0371. The van der Waals surface area contributed by atoms with E-state index in [1.165, 1.54) is 5.56 Å². The lowest BCUT2D eigenvalue weighted by molar-refractivity contribution is 0.235. The van der Waals surface area contributed by atoms with Gasteiger partial charge in [-0.15, -0.1) is 0 Å². The molecule has 0 heterocycles. The zero-order valence-electron chi connectivity index (χ0n) is 16.1. The molecule has 1 N–H and O–H groups in total. The Hall–Kier alpha value is -2.65. The molecule has 0 amide bonds. The number of nitrogens with one attached hydrogen (secondary N) is 1. The van der Waals surface area contributed by atoms with Crippen LogP contribution < -0.4 is 14.8 Å². The van der Waals surface area contributed by atoms with Crippen LogP contribution in [0.4, 0.5) is 5.69 Å². The standard InChI is InChI=1S/C24H26ClNO2/c1-19(28-24-13-9-21(25)10-14-24)18-26-22-11-15-23(16-12-22)27-17-5-8-20-6-3-2-4-7-20/h2-4,6-7,9-16,19,26H,5,8,17-18H2,1H3. The van der Waals surface area contributed by atoms with Gasteiger partial charge in [-0.25, -0.2) is 0 Å². The molecular weight excluding hydrogens is 370 g/mol. The van der Waals surface area contributed by atoms with Crippen molar-refractivity contribution in [1.82, 2.24) is 0 Å². The van der Waals surface area contributed by atoms with Gasteiger partial charge in [0, 0.05) is 10.7 Å². The Morgan fingerprint density at radius 1 is 0.857 bits per heavy atom. The van der Waals surface area contributed by atoms with Crippen molar-refractivity contribution in [2.24, 2.45) is 0 Å². The van der Waals surface area contributed by atoms with E-state index in [1.54, 1.807) is 0 Å². The van der Waals surface area contributed by atoms with E-state index in [2.05, 4.69) is 29.6 Å². The first kappa shape index (κ1) is 20.1. The highest BCUT2D eigenvalue weighted by atomic mass is 35.5. The van der Waals surface area contributed by atoms with Gasteiger partial charge < -0.3 is 14.8 Å². The average Bonchev–Trinajstić information content (AvgIpc) is 2.73. The van der Waals surface area contributed by atoms with Crippen LogP contribution in [0.3, 0.4) is 0 Å². The molecule has 0 aromatic heterocycles. The predicted octanol–water partition coefficient (Wildman–Crippen LogP) is 6.23. The van der Waals surface area contributed by atoms with Crippen molar-refractivity contribution in [3.63, 3.8) is 0 Å². The van der Waals surface area contributed by atoms with E-state index in [9.17, 15) is 0 Å². The zero-order valence-corrected chi connectivity index (χ0v) is 16.9. The second-order valence-electron chi connectivity index (χ2n) is 6.73. The molecule has 0 aliphatic rings. The lowest BCUT2D eigenvalue weighted by atomic mass is 10.1. The summed E-state index contributed by atoms with van der Waals surface area (Å²) >= 11 is 5.89. The van der Waals surface area contributed by atoms with Crippen LogP contribution in [0, 0.1) is 0 Å². The minimum atomic E-state index is 0.0371. The number of aryl methyl sites for hydroxylation is 1. The molecule has 1 atom stereocenters. The number of halogens is 1. The fourth-order valence-corrected chi connectivity index (χ4v) is 2.95. The van der Waals surface area contributed by atoms with Crippen molar-refractivity contribution in [1.29, 1.82) is 0 Å². The van der Waals surface area contributed by atoms with Gasteiger partial charge in [-0.2, -0.15) is 0 Å². The number of anilines is 1. The highest BCUT2D eigenvalue weighted by Crippen LogP contribution is 2.18. The Balaban J connectivity index is 1.36. The molecule has 28 heavy (non-hydrogen) atoms. The fourth-order valence-electron chi connectivity index (χ4n) is 2.83. The highest BCUT2D eigenvalue weighted by Gasteiger charge is 2.04. The van der Waals surface area contributed by atoms with Gasteiger partial charge in [0.25, 0.3) is 0 Å². The van der Waals surface area contributed by atoms with Gasteiger partial charge in [-0.05, 0) is 73.9 Å². The third-order valence-corrected chi connectivity index (χ3v) is 4.57. The lowest BCUT2D eigenvalue weighted by Crippen LogP contribution is -2.22. The Kier molecular flexibility index (Phi) is 7.62. The maximum Gasteiger partial charge on any atom is 0.119 e. The van der Waals surface area contributed by atoms with Crippen LogP contribution in [0.2, 0.25) is 5.02 Å². The molecule has 1 unspecified atom stereocenters. The van der Waals surface area contributed by atoms with Crippen LogP contribution in [0.25, 0.3) is 0 Å². The second kappa shape index (κ2) is 10.6. The first-order chi connectivity index (χ1) is 13.7. The molecule has 3 aromatic carbocycles. The van der Waals surface area contributed by atoms with Crippen molar-refractivity contribution >= 4 is 17.3 Å². The molecule has 0 bridgehead atoms. The summed E-state index contributed by atoms with van der Waals surface area (Å²) in [5, 5.41) is 4.09. The molecule has 3 rings (SSSR count). The topological polar surface area (TPSA) is 30.5 Å². The summed E-state index contributed by atoms with van der Waals surface area (Å²) in [5.41, 5.74) is 2.39. The summed E-state index contributed by atoms with van der Waals surface area (Å²) in [6.45, 7) is 3.46. The van der Waals surface area contributed by atoms with Crippen LogP contribution in [0.1, 0.15) is 18.9 Å². The molecule has 3 aromatic rings. The quantitative estimate of drug-likeness (QED) is 0.412. The molecular formula is C24H26ClNO2. The first-order valence-electron chi connectivity index (χ1n) is 9.62. The Bertz CT molecular complexity index is 819. The van der Waals surface area contributed by atoms with Gasteiger partial charge in [-0.1, -0.05) is 41.9 Å². The number of benzene rings is 3. The normalized spacial score (nSPS) is 11.6. The third-order valence-electron chi connectivity index (χ3n) is 4.32. The van der Waals surface area contributed by atoms with E-state index in [4.69, 9.17) is 21.1 Å². The molecule has 0 spiro atoms. The number of rotatable bonds is 10. The van der Waals surface area contributed by atoms with E-state index in [0.29, 0.717) is 18.2 Å². The summed E-state index contributed by atoms with van der Waals surface area (Å²) in [5.74, 6) is 1.71. The number of hydrogen-bond donors (Lipinski definition) is 1. The average molecular weight is 396 g/mol. The van der Waals surface area contributed by atoms with Gasteiger partial charge in [0.2, 0.25) is 0 Å². The third kappa shape index (κ3) is 6.82. The molecule has 0 saturated heterocycles. The van der Waals surface area contributed by atoms with Crippen LogP contribution in [-0.2, 0) is 6.42 Å². The van der Waals surface area contributed by atoms with Crippen molar-refractivity contribution in [2.45, 2.75) is 25.9 Å². The summed E-state index contributed by atoms with van der Waals surface area (Å²) in [7, 11) is 0. The largest absolute Gasteiger partial charge is 0.494 e. The van der Waals surface area contributed by atoms with E-state index in [0.717, 1.165) is 30.0 Å². The molecule has 0 fully saturated rings. The molecule has 0 aliphatic carbocycles. The molecule has 146 valence electrons. The van der Waals surface area contributed by atoms with Crippen molar-refractivity contribution < 1.29 is 9.47 Å². The predicted molar refractivity (Wildman–Crippen MR) is 117 cm³/mol. The first-order valence-corrected chi connectivity index (χ1v) is 10.00. The van der Waals surface area contributed by atoms with E-state index >= 15 is 0 Å². The smallest absolute Gasteiger partial charge is 0.119 e. The molecule has 3 nitrogen and oxygen atoms in total. The highest BCUT2D eigenvalue weighted by molar-refractivity contribution is 6.30. The number of ether oxygens (including phenoxy) is 2. The summed E-state index contributed by atoms with van der Waals surface area (Å²) < 4.78 is 11.7. The van der Waals surface area contributed by atoms with Crippen LogP contribution in [0.15, 0.2) is 78.9 Å². The molecule has 0 saturated carbocycles. The summed E-state index contributed by atoms with van der Waals surface area (Å²) in [6.07, 6.45) is 2.07. The number of hydrogen-bond acceptors (Lipinski definition) is 3. The summed E-state index contributed by atoms with van der Waals surface area (Å²) in [6, 6.07) is 26.0. The lowest BCUT2D eigenvalue weighted by Gasteiger charge is -2.16. The maximum absolute atomic E-state index is 5.89. The second-order valence-corrected chi connectivity index (χ2v) is 7.16. The van der Waals surface area contributed by atoms with Crippen molar-refractivity contribution in [2.75, 3.05) is 18.5 Å². The van der Waals surface area contributed by atoms with Gasteiger partial charge >= 0.3 is 0 Å². The Morgan fingerprint density at radius 2 is 1.54 bits per heavy atom. The summed E-state index contributed by atoms with van der Waals surface area (Å²) in [4.78, 5) is 0. The van der Waals surface area contributed by atoms with Gasteiger partial charge in [0.1, 0.15) is 17.6 Å². The SMILES string of the molecule is CC(CNc1ccc(OCCCc2ccccc2)cc1)Oc1ccc(Cl)cc1.